The highest BCUT2D eigenvalue weighted by molar-refractivity contribution is 8.00. The van der Waals surface area contributed by atoms with Gasteiger partial charge in [0.1, 0.15) is 0 Å². The minimum Gasteiger partial charge on any atom is -0.114 e. The summed E-state index contributed by atoms with van der Waals surface area (Å²) < 4.78 is 0. The van der Waals surface area contributed by atoms with E-state index in [9.17, 15) is 0 Å². The first-order chi connectivity index (χ1) is 7.74. The van der Waals surface area contributed by atoms with Crippen LogP contribution in [0.2, 0.25) is 0 Å². The van der Waals surface area contributed by atoms with Crippen LogP contribution in [-0.2, 0) is 0 Å². The molecule has 0 spiro atoms. The maximum absolute atomic E-state index is 2.25. The third-order valence-corrected chi connectivity index (χ3v) is 3.63. The highest BCUT2D eigenvalue weighted by Crippen LogP contribution is 2.26. The fraction of sp³-hybridized carbons (Fsp3) is 0.200. The van der Waals surface area contributed by atoms with Crippen LogP contribution < -0.4 is 0 Å². The van der Waals surface area contributed by atoms with Gasteiger partial charge in [-0.1, -0.05) is 53.6 Å². The van der Waals surface area contributed by atoms with Crippen molar-refractivity contribution in [2.45, 2.75) is 24.0 Å². The molecule has 0 heterocycles. The van der Waals surface area contributed by atoms with Crippen molar-refractivity contribution in [3.8, 4) is 0 Å². The van der Waals surface area contributed by atoms with Gasteiger partial charge in [0.2, 0.25) is 0 Å². The standard InChI is InChI=1S/C15H16S/c1-12-4-3-5-14(9-6-12)16-15-10-7-13(2)8-11-15/h3-11,14H,1-2H3. The summed E-state index contributed by atoms with van der Waals surface area (Å²) in [5.74, 6) is 0. The molecule has 0 saturated carbocycles. The Morgan fingerprint density at radius 2 is 1.75 bits per heavy atom. The monoisotopic (exact) mass is 228 g/mol. The Bertz CT molecular complexity index is 435. The van der Waals surface area contributed by atoms with Crippen molar-refractivity contribution in [3.63, 3.8) is 0 Å². The lowest BCUT2D eigenvalue weighted by Crippen LogP contribution is -1.91. The van der Waals surface area contributed by atoms with Gasteiger partial charge in [0.05, 0.1) is 0 Å². The first-order valence-corrected chi connectivity index (χ1v) is 6.38. The van der Waals surface area contributed by atoms with E-state index in [0.29, 0.717) is 5.25 Å². The minimum atomic E-state index is 0.441. The van der Waals surface area contributed by atoms with Crippen LogP contribution in [0.15, 0.2) is 65.1 Å². The average molecular weight is 228 g/mol. The fourth-order valence-corrected chi connectivity index (χ4v) is 2.47. The predicted molar refractivity (Wildman–Crippen MR) is 72.9 cm³/mol. The van der Waals surface area contributed by atoms with Crippen molar-refractivity contribution in [1.82, 2.24) is 0 Å². The third kappa shape index (κ3) is 3.14. The Labute approximate surface area is 102 Å². The van der Waals surface area contributed by atoms with Gasteiger partial charge in [-0.05, 0) is 26.0 Å². The van der Waals surface area contributed by atoms with Gasteiger partial charge in [-0.15, -0.1) is 11.8 Å². The second kappa shape index (κ2) is 5.22. The van der Waals surface area contributed by atoms with Crippen LogP contribution >= 0.6 is 11.8 Å². The SMILES string of the molecule is CC1=CC=CC(Sc2ccc(C)cc2)C=C1. The van der Waals surface area contributed by atoms with E-state index in [4.69, 9.17) is 0 Å². The molecule has 0 fully saturated rings. The van der Waals surface area contributed by atoms with Gasteiger partial charge >= 0.3 is 0 Å². The molecule has 1 unspecified atom stereocenters. The van der Waals surface area contributed by atoms with Crippen LogP contribution in [0.1, 0.15) is 12.5 Å². The summed E-state index contributed by atoms with van der Waals surface area (Å²) in [6.07, 6.45) is 11.0. The Balaban J connectivity index is 2.06. The molecule has 0 saturated heterocycles. The van der Waals surface area contributed by atoms with Gasteiger partial charge < -0.3 is 0 Å². The lowest BCUT2D eigenvalue weighted by Gasteiger charge is -2.07. The second-order valence-corrected chi connectivity index (χ2v) is 5.30. The van der Waals surface area contributed by atoms with Gasteiger partial charge in [0, 0.05) is 10.1 Å². The molecular formula is C15H16S. The molecule has 1 heteroatoms. The zero-order valence-corrected chi connectivity index (χ0v) is 10.5. The number of rotatable bonds is 2. The number of hydrogen-bond acceptors (Lipinski definition) is 1. The van der Waals surface area contributed by atoms with E-state index in [1.165, 1.54) is 16.0 Å². The number of hydrogen-bond donors (Lipinski definition) is 0. The maximum Gasteiger partial charge on any atom is 0.0461 e. The molecule has 0 aromatic heterocycles. The van der Waals surface area contributed by atoms with Crippen LogP contribution in [-0.4, -0.2) is 5.25 Å². The highest BCUT2D eigenvalue weighted by atomic mass is 32.2. The molecule has 0 nitrogen and oxygen atoms in total. The van der Waals surface area contributed by atoms with E-state index >= 15 is 0 Å². The quantitative estimate of drug-likeness (QED) is 0.716. The van der Waals surface area contributed by atoms with E-state index in [1.54, 1.807) is 0 Å². The van der Waals surface area contributed by atoms with Crippen LogP contribution in [0.5, 0.6) is 0 Å². The summed E-state index contributed by atoms with van der Waals surface area (Å²) in [6, 6.07) is 8.70. The van der Waals surface area contributed by atoms with Crippen molar-refractivity contribution in [1.29, 1.82) is 0 Å². The summed E-state index contributed by atoms with van der Waals surface area (Å²) >= 11 is 1.88. The molecule has 0 aliphatic heterocycles. The molecule has 1 aromatic carbocycles. The molecule has 2 rings (SSSR count). The predicted octanol–water partition coefficient (Wildman–Crippen LogP) is 4.53. The number of thioether (sulfide) groups is 1. The maximum atomic E-state index is 2.25. The summed E-state index contributed by atoms with van der Waals surface area (Å²) in [7, 11) is 0. The van der Waals surface area contributed by atoms with Gasteiger partial charge in [0.15, 0.2) is 0 Å². The van der Waals surface area contributed by atoms with Crippen LogP contribution in [0.3, 0.4) is 0 Å². The summed E-state index contributed by atoms with van der Waals surface area (Å²) in [6.45, 7) is 4.24. The molecular weight excluding hydrogens is 212 g/mol. The van der Waals surface area contributed by atoms with Gasteiger partial charge in [-0.2, -0.15) is 0 Å². The normalized spacial score (nSPS) is 19.4. The fourth-order valence-electron chi connectivity index (χ4n) is 1.54. The smallest absolute Gasteiger partial charge is 0.0461 e. The largest absolute Gasteiger partial charge is 0.114 e. The molecule has 1 aliphatic rings. The van der Waals surface area contributed by atoms with Crippen LogP contribution in [0, 0.1) is 6.92 Å². The summed E-state index contributed by atoms with van der Waals surface area (Å²) in [4.78, 5) is 1.32. The topological polar surface area (TPSA) is 0 Å². The van der Waals surface area contributed by atoms with Gasteiger partial charge in [-0.3, -0.25) is 0 Å². The molecule has 16 heavy (non-hydrogen) atoms. The average Bonchev–Trinajstić information content (AvgIpc) is 2.47. The van der Waals surface area contributed by atoms with E-state index in [2.05, 4.69) is 68.5 Å². The molecule has 0 radical (unpaired) electrons. The van der Waals surface area contributed by atoms with Gasteiger partial charge in [0.25, 0.3) is 0 Å². The van der Waals surface area contributed by atoms with Crippen molar-refractivity contribution in [2.24, 2.45) is 0 Å². The lowest BCUT2D eigenvalue weighted by atomic mass is 10.2. The van der Waals surface area contributed by atoms with E-state index in [-0.39, 0.29) is 0 Å². The van der Waals surface area contributed by atoms with Crippen LogP contribution in [0.25, 0.3) is 0 Å². The summed E-state index contributed by atoms with van der Waals surface area (Å²) in [5.41, 5.74) is 2.62. The number of allylic oxidation sites excluding steroid dienone is 4. The first-order valence-electron chi connectivity index (χ1n) is 5.51. The third-order valence-electron chi connectivity index (χ3n) is 2.50. The first kappa shape index (κ1) is 11.3. The molecule has 1 aromatic rings. The van der Waals surface area contributed by atoms with Crippen LogP contribution in [0.4, 0.5) is 0 Å². The zero-order valence-electron chi connectivity index (χ0n) is 9.68. The highest BCUT2D eigenvalue weighted by Gasteiger charge is 2.04. The molecule has 82 valence electrons. The summed E-state index contributed by atoms with van der Waals surface area (Å²) in [5, 5.41) is 0.441. The molecule has 1 aliphatic carbocycles. The van der Waals surface area contributed by atoms with E-state index < -0.39 is 0 Å². The number of aryl methyl sites for hydroxylation is 1. The van der Waals surface area contributed by atoms with E-state index in [1.807, 2.05) is 11.8 Å². The molecule has 1 atom stereocenters. The zero-order chi connectivity index (χ0) is 11.4. The number of benzene rings is 1. The Hall–Kier alpha value is -1.21. The molecule has 0 amide bonds. The van der Waals surface area contributed by atoms with E-state index in [0.717, 1.165) is 0 Å². The second-order valence-electron chi connectivity index (χ2n) is 4.05. The molecule has 0 N–H and O–H groups in total. The van der Waals surface area contributed by atoms with Crippen molar-refractivity contribution < 1.29 is 0 Å². The van der Waals surface area contributed by atoms with Crippen molar-refractivity contribution in [3.05, 3.63) is 65.8 Å². The lowest BCUT2D eigenvalue weighted by molar-refractivity contribution is 1.34. The van der Waals surface area contributed by atoms with Gasteiger partial charge in [-0.25, -0.2) is 0 Å². The van der Waals surface area contributed by atoms with Crippen molar-refractivity contribution in [2.75, 3.05) is 0 Å². The molecule has 0 bridgehead atoms. The minimum absolute atomic E-state index is 0.441. The van der Waals surface area contributed by atoms with Crippen molar-refractivity contribution >= 4 is 11.8 Å². The Morgan fingerprint density at radius 1 is 1.00 bits per heavy atom. The Kier molecular flexibility index (Phi) is 3.68. The Morgan fingerprint density at radius 3 is 2.50 bits per heavy atom.